The van der Waals surface area contributed by atoms with Gasteiger partial charge in [0.25, 0.3) is 0 Å². The molecule has 2 rings (SSSR count). The Labute approximate surface area is 132 Å². The van der Waals surface area contributed by atoms with E-state index in [-0.39, 0.29) is 18.2 Å². The van der Waals surface area contributed by atoms with E-state index in [1.807, 2.05) is 0 Å². The third kappa shape index (κ3) is 5.63. The van der Waals surface area contributed by atoms with Crippen LogP contribution in [-0.2, 0) is 0 Å². The fourth-order valence-corrected chi connectivity index (χ4v) is 2.56. The number of guanidine groups is 1. The van der Waals surface area contributed by atoms with Gasteiger partial charge in [-0.15, -0.1) is 13.2 Å². The molecule has 1 saturated carbocycles. The molecule has 0 radical (unpaired) electrons. The maximum absolute atomic E-state index is 12.4. The van der Waals surface area contributed by atoms with Gasteiger partial charge in [0, 0.05) is 0 Å². The average Bonchev–Trinajstić information content (AvgIpc) is 2.47. The van der Waals surface area contributed by atoms with Gasteiger partial charge < -0.3 is 20.9 Å². The first-order chi connectivity index (χ1) is 10.8. The molecule has 23 heavy (non-hydrogen) atoms. The number of halogens is 3. The molecule has 4 N–H and O–H groups in total. The molecule has 1 aromatic rings. The lowest BCUT2D eigenvalue weighted by Gasteiger charge is -2.30. The summed E-state index contributed by atoms with van der Waals surface area (Å²) in [6.45, 7) is 0.119. The number of ether oxygens (including phenoxy) is 1. The third-order valence-electron chi connectivity index (χ3n) is 3.70. The minimum absolute atomic E-state index is 0.0571. The minimum atomic E-state index is -4.79. The van der Waals surface area contributed by atoms with Gasteiger partial charge in [-0.25, -0.2) is 0 Å². The maximum atomic E-state index is 12.4. The van der Waals surface area contributed by atoms with Gasteiger partial charge in [-0.2, -0.15) is 0 Å². The summed E-state index contributed by atoms with van der Waals surface area (Å²) < 4.78 is 41.0. The van der Waals surface area contributed by atoms with Crippen LogP contribution in [0.5, 0.6) is 5.75 Å². The van der Waals surface area contributed by atoms with Crippen LogP contribution in [0, 0.1) is 0 Å². The van der Waals surface area contributed by atoms with Crippen molar-refractivity contribution in [1.82, 2.24) is 0 Å². The Bertz CT molecular complexity index is 555. The van der Waals surface area contributed by atoms with Crippen molar-refractivity contribution in [2.45, 2.75) is 44.1 Å². The van der Waals surface area contributed by atoms with E-state index < -0.39 is 17.7 Å². The molecule has 0 saturated heterocycles. The molecule has 8 heteroatoms. The molecular weight excluding hydrogens is 311 g/mol. The van der Waals surface area contributed by atoms with Crippen molar-refractivity contribution in [1.29, 1.82) is 0 Å². The standard InChI is InChI=1S/C15H20F3N3O2/c16-15(17,18)23-12-7-3-2-6-11(12)21-13(19)20-10-14(22)8-4-1-5-9-14/h2-3,6-7,22H,1,4-5,8-10H2,(H3,19,20,21). The number of nitrogens with zero attached hydrogens (tertiary/aromatic N) is 1. The van der Waals surface area contributed by atoms with Crippen molar-refractivity contribution in [2.75, 3.05) is 11.9 Å². The Morgan fingerprint density at radius 3 is 2.57 bits per heavy atom. The monoisotopic (exact) mass is 331 g/mol. The van der Waals surface area contributed by atoms with Crippen molar-refractivity contribution in [2.24, 2.45) is 10.7 Å². The van der Waals surface area contributed by atoms with Gasteiger partial charge >= 0.3 is 6.36 Å². The van der Waals surface area contributed by atoms with Crippen LogP contribution in [0.2, 0.25) is 0 Å². The van der Waals surface area contributed by atoms with Gasteiger partial charge in [-0.05, 0) is 25.0 Å². The second-order valence-electron chi connectivity index (χ2n) is 5.66. The van der Waals surface area contributed by atoms with Gasteiger partial charge in [-0.3, -0.25) is 4.99 Å². The molecule has 0 spiro atoms. The molecule has 0 aliphatic heterocycles. The van der Waals surface area contributed by atoms with E-state index in [4.69, 9.17) is 5.73 Å². The molecule has 1 aliphatic carbocycles. The highest BCUT2D eigenvalue weighted by molar-refractivity contribution is 5.93. The number of para-hydroxylation sites is 2. The van der Waals surface area contributed by atoms with Crippen LogP contribution in [0.25, 0.3) is 0 Å². The number of nitrogens with two attached hydrogens (primary N) is 1. The van der Waals surface area contributed by atoms with Gasteiger partial charge in [-0.1, -0.05) is 31.4 Å². The molecule has 5 nitrogen and oxygen atoms in total. The highest BCUT2D eigenvalue weighted by Gasteiger charge is 2.32. The number of hydrogen-bond donors (Lipinski definition) is 3. The zero-order valence-corrected chi connectivity index (χ0v) is 12.6. The SMILES string of the molecule is NC(=NCC1(O)CCCCC1)Nc1ccccc1OC(F)(F)F. The molecule has 0 heterocycles. The van der Waals surface area contributed by atoms with Crippen LogP contribution < -0.4 is 15.8 Å². The third-order valence-corrected chi connectivity index (χ3v) is 3.70. The summed E-state index contributed by atoms with van der Waals surface area (Å²) in [7, 11) is 0. The number of aliphatic imine (C=N–C) groups is 1. The lowest BCUT2D eigenvalue weighted by atomic mass is 9.85. The zero-order valence-electron chi connectivity index (χ0n) is 12.6. The van der Waals surface area contributed by atoms with Crippen molar-refractivity contribution in [3.63, 3.8) is 0 Å². The van der Waals surface area contributed by atoms with E-state index in [1.54, 1.807) is 6.07 Å². The molecule has 1 aliphatic rings. The second-order valence-corrected chi connectivity index (χ2v) is 5.66. The Morgan fingerprint density at radius 1 is 1.26 bits per heavy atom. The van der Waals surface area contributed by atoms with Crippen LogP contribution in [0.3, 0.4) is 0 Å². The Hall–Kier alpha value is -1.96. The molecule has 1 fully saturated rings. The van der Waals surface area contributed by atoms with E-state index in [2.05, 4.69) is 15.0 Å². The lowest BCUT2D eigenvalue weighted by molar-refractivity contribution is -0.274. The van der Waals surface area contributed by atoms with Crippen molar-refractivity contribution in [3.8, 4) is 5.75 Å². The van der Waals surface area contributed by atoms with E-state index in [0.29, 0.717) is 12.8 Å². The van der Waals surface area contributed by atoms with E-state index in [0.717, 1.165) is 19.3 Å². The molecule has 1 aromatic carbocycles. The molecule has 0 aromatic heterocycles. The fraction of sp³-hybridized carbons (Fsp3) is 0.533. The summed E-state index contributed by atoms with van der Waals surface area (Å²) >= 11 is 0. The maximum Gasteiger partial charge on any atom is 0.573 e. The number of nitrogens with one attached hydrogen (secondary N) is 1. The van der Waals surface area contributed by atoms with Gasteiger partial charge in [0.2, 0.25) is 0 Å². The highest BCUT2D eigenvalue weighted by atomic mass is 19.4. The molecule has 0 unspecified atom stereocenters. The van der Waals surface area contributed by atoms with Gasteiger partial charge in [0.1, 0.15) is 0 Å². The number of anilines is 1. The van der Waals surface area contributed by atoms with Crippen molar-refractivity contribution < 1.29 is 23.0 Å². The summed E-state index contributed by atoms with van der Waals surface area (Å²) in [4.78, 5) is 4.05. The summed E-state index contributed by atoms with van der Waals surface area (Å²) in [6, 6.07) is 5.55. The normalized spacial score (nSPS) is 18.5. The summed E-state index contributed by atoms with van der Waals surface area (Å²) in [5.41, 5.74) is 4.88. The average molecular weight is 331 g/mol. The van der Waals surface area contributed by atoms with Crippen LogP contribution in [0.4, 0.5) is 18.9 Å². The van der Waals surface area contributed by atoms with E-state index >= 15 is 0 Å². The number of benzene rings is 1. The molecule has 0 bridgehead atoms. The zero-order chi connectivity index (χ0) is 16.9. The van der Waals surface area contributed by atoms with Crippen molar-refractivity contribution >= 4 is 11.6 Å². The summed E-state index contributed by atoms with van der Waals surface area (Å²) in [6.07, 6.45) is -0.540. The minimum Gasteiger partial charge on any atom is -0.404 e. The molecule has 0 amide bonds. The first-order valence-electron chi connectivity index (χ1n) is 7.42. The first-order valence-corrected chi connectivity index (χ1v) is 7.42. The summed E-state index contributed by atoms with van der Waals surface area (Å²) in [5.74, 6) is -0.461. The topological polar surface area (TPSA) is 79.9 Å². The Morgan fingerprint density at radius 2 is 1.91 bits per heavy atom. The lowest BCUT2D eigenvalue weighted by Crippen LogP contribution is -2.36. The quantitative estimate of drug-likeness (QED) is 0.585. The Kier molecular flexibility index (Phi) is 5.35. The molecule has 128 valence electrons. The van der Waals surface area contributed by atoms with Crippen LogP contribution in [0.1, 0.15) is 32.1 Å². The molecular formula is C15H20F3N3O2. The number of rotatable bonds is 4. The van der Waals surface area contributed by atoms with Gasteiger partial charge in [0.15, 0.2) is 11.7 Å². The van der Waals surface area contributed by atoms with Crippen LogP contribution in [-0.4, -0.2) is 29.6 Å². The first kappa shape index (κ1) is 17.4. The second kappa shape index (κ2) is 7.08. The Balaban J connectivity index is 2.02. The van der Waals surface area contributed by atoms with Crippen LogP contribution >= 0.6 is 0 Å². The number of hydrogen-bond acceptors (Lipinski definition) is 3. The van der Waals surface area contributed by atoms with Crippen molar-refractivity contribution in [3.05, 3.63) is 24.3 Å². The molecule has 0 atom stereocenters. The predicted octanol–water partition coefficient (Wildman–Crippen LogP) is 3.01. The fourth-order valence-electron chi connectivity index (χ4n) is 2.56. The summed E-state index contributed by atoms with van der Waals surface area (Å²) in [5, 5.41) is 12.9. The predicted molar refractivity (Wildman–Crippen MR) is 81.3 cm³/mol. The highest BCUT2D eigenvalue weighted by Crippen LogP contribution is 2.30. The van der Waals surface area contributed by atoms with Gasteiger partial charge in [0.05, 0.1) is 17.8 Å². The smallest absolute Gasteiger partial charge is 0.404 e. The largest absolute Gasteiger partial charge is 0.573 e. The van der Waals surface area contributed by atoms with E-state index in [1.165, 1.54) is 18.2 Å². The number of aliphatic hydroxyl groups is 1. The van der Waals surface area contributed by atoms with Crippen LogP contribution in [0.15, 0.2) is 29.3 Å². The number of alkyl halides is 3. The van der Waals surface area contributed by atoms with E-state index in [9.17, 15) is 18.3 Å².